The van der Waals surface area contributed by atoms with Crippen molar-refractivity contribution in [3.05, 3.63) is 35.4 Å². The van der Waals surface area contributed by atoms with E-state index in [-0.39, 0.29) is 10.1 Å². The molecule has 2 aromatic rings. The second-order valence-electron chi connectivity index (χ2n) is 4.49. The van der Waals surface area contributed by atoms with Gasteiger partial charge in [-0.15, -0.1) is 10.2 Å². The molecular formula is C13H17N3O2S2. The van der Waals surface area contributed by atoms with Crippen LogP contribution in [0.1, 0.15) is 24.5 Å². The third-order valence-electron chi connectivity index (χ3n) is 2.81. The maximum absolute atomic E-state index is 12.3. The van der Waals surface area contributed by atoms with Crippen molar-refractivity contribution in [1.82, 2.24) is 10.2 Å². The Morgan fingerprint density at radius 1 is 1.25 bits per heavy atom. The molecular weight excluding hydrogens is 294 g/mol. The molecule has 0 atom stereocenters. The minimum absolute atomic E-state index is 0.0396. The van der Waals surface area contributed by atoms with Gasteiger partial charge in [0.2, 0.25) is 19.3 Å². The van der Waals surface area contributed by atoms with Crippen molar-refractivity contribution < 1.29 is 8.42 Å². The average molecular weight is 311 g/mol. The first-order valence-electron chi connectivity index (χ1n) is 6.37. The van der Waals surface area contributed by atoms with Gasteiger partial charge in [0.15, 0.2) is 0 Å². The van der Waals surface area contributed by atoms with E-state index in [4.69, 9.17) is 0 Å². The molecule has 5 nitrogen and oxygen atoms in total. The third kappa shape index (κ3) is 3.55. The Morgan fingerprint density at radius 3 is 2.70 bits per heavy atom. The molecule has 0 saturated carbocycles. The van der Waals surface area contributed by atoms with Crippen molar-refractivity contribution in [1.29, 1.82) is 0 Å². The van der Waals surface area contributed by atoms with E-state index in [1.54, 1.807) is 0 Å². The fraction of sp³-hybridized carbons (Fsp3) is 0.385. The summed E-state index contributed by atoms with van der Waals surface area (Å²) < 4.78 is 24.7. The molecule has 0 bridgehead atoms. The second-order valence-corrected chi connectivity index (χ2v) is 7.63. The molecule has 0 unspecified atom stereocenters. The van der Waals surface area contributed by atoms with Crippen LogP contribution in [-0.2, 0) is 15.6 Å². The highest BCUT2D eigenvalue weighted by Crippen LogP contribution is 2.24. The van der Waals surface area contributed by atoms with E-state index >= 15 is 0 Å². The zero-order valence-electron chi connectivity index (χ0n) is 11.5. The average Bonchev–Trinajstić information content (AvgIpc) is 2.88. The molecule has 2 rings (SSSR count). The predicted molar refractivity (Wildman–Crippen MR) is 80.8 cm³/mol. The van der Waals surface area contributed by atoms with Crippen LogP contribution in [-0.4, -0.2) is 25.2 Å². The lowest BCUT2D eigenvalue weighted by molar-refractivity contribution is 0.593. The molecule has 108 valence electrons. The molecule has 0 amide bonds. The summed E-state index contributed by atoms with van der Waals surface area (Å²) in [6, 6.07) is 7.46. The van der Waals surface area contributed by atoms with Gasteiger partial charge in [-0.2, -0.15) is 0 Å². The van der Waals surface area contributed by atoms with E-state index in [1.807, 2.05) is 38.1 Å². The standard InChI is InChI=1S/C13H17N3O2S2/c1-3-8-14-12-15-16-13(19-12)20(17,18)9-11-7-5-4-6-10(11)2/h4-7H,3,8-9H2,1-2H3,(H,14,15). The van der Waals surface area contributed by atoms with Gasteiger partial charge < -0.3 is 5.32 Å². The Hall–Kier alpha value is -1.47. The summed E-state index contributed by atoms with van der Waals surface area (Å²) in [6.45, 7) is 4.69. The summed E-state index contributed by atoms with van der Waals surface area (Å²) in [7, 11) is -3.44. The number of hydrogen-bond acceptors (Lipinski definition) is 6. The molecule has 0 radical (unpaired) electrons. The van der Waals surface area contributed by atoms with Crippen molar-refractivity contribution in [2.45, 2.75) is 30.4 Å². The lowest BCUT2D eigenvalue weighted by Gasteiger charge is -2.04. The lowest BCUT2D eigenvalue weighted by atomic mass is 10.1. The summed E-state index contributed by atoms with van der Waals surface area (Å²) in [4.78, 5) is 0. The number of sulfone groups is 1. The van der Waals surface area contributed by atoms with Crippen LogP contribution in [0.5, 0.6) is 0 Å². The number of anilines is 1. The number of aryl methyl sites for hydroxylation is 1. The van der Waals surface area contributed by atoms with Gasteiger partial charge >= 0.3 is 0 Å². The molecule has 0 aliphatic heterocycles. The summed E-state index contributed by atoms with van der Waals surface area (Å²) in [5, 5.41) is 11.2. The quantitative estimate of drug-likeness (QED) is 0.888. The van der Waals surface area contributed by atoms with Crippen LogP contribution in [0.2, 0.25) is 0 Å². The summed E-state index contributed by atoms with van der Waals surface area (Å²) >= 11 is 1.08. The van der Waals surface area contributed by atoms with Crippen molar-refractivity contribution in [2.24, 2.45) is 0 Å². The van der Waals surface area contributed by atoms with Gasteiger partial charge in [-0.1, -0.05) is 42.5 Å². The van der Waals surface area contributed by atoms with Crippen LogP contribution >= 0.6 is 11.3 Å². The van der Waals surface area contributed by atoms with E-state index in [2.05, 4.69) is 15.5 Å². The van der Waals surface area contributed by atoms with E-state index in [9.17, 15) is 8.42 Å². The summed E-state index contributed by atoms with van der Waals surface area (Å²) in [6.07, 6.45) is 0.949. The van der Waals surface area contributed by atoms with Crippen molar-refractivity contribution >= 4 is 26.3 Å². The van der Waals surface area contributed by atoms with Crippen LogP contribution in [0.4, 0.5) is 5.13 Å². The zero-order chi connectivity index (χ0) is 14.6. The monoisotopic (exact) mass is 311 g/mol. The molecule has 0 aliphatic carbocycles. The smallest absolute Gasteiger partial charge is 0.234 e. The zero-order valence-corrected chi connectivity index (χ0v) is 13.1. The maximum Gasteiger partial charge on any atom is 0.234 e. The van der Waals surface area contributed by atoms with Gasteiger partial charge in [0.05, 0.1) is 5.75 Å². The van der Waals surface area contributed by atoms with E-state index < -0.39 is 9.84 Å². The predicted octanol–water partition coefficient (Wildman–Crippen LogP) is 2.64. The highest BCUT2D eigenvalue weighted by Gasteiger charge is 2.21. The largest absolute Gasteiger partial charge is 0.360 e. The normalized spacial score (nSPS) is 11.5. The molecule has 1 N–H and O–H groups in total. The number of rotatable bonds is 6. The van der Waals surface area contributed by atoms with Gasteiger partial charge in [-0.3, -0.25) is 0 Å². The molecule has 0 saturated heterocycles. The lowest BCUT2D eigenvalue weighted by Crippen LogP contribution is -2.05. The SMILES string of the molecule is CCCNc1nnc(S(=O)(=O)Cc2ccccc2C)s1. The summed E-state index contributed by atoms with van der Waals surface area (Å²) in [5.74, 6) is -0.0396. The first-order chi connectivity index (χ1) is 9.53. The molecule has 7 heteroatoms. The molecule has 0 fully saturated rings. The Labute approximate surface area is 123 Å². The number of hydrogen-bond donors (Lipinski definition) is 1. The van der Waals surface area contributed by atoms with Crippen LogP contribution in [0.3, 0.4) is 0 Å². The fourth-order valence-corrected chi connectivity index (χ4v) is 4.12. The van der Waals surface area contributed by atoms with E-state index in [1.165, 1.54) is 0 Å². The minimum atomic E-state index is -3.44. The molecule has 0 spiro atoms. The molecule has 1 aromatic heterocycles. The minimum Gasteiger partial charge on any atom is -0.360 e. The van der Waals surface area contributed by atoms with Crippen LogP contribution in [0, 0.1) is 6.92 Å². The molecule has 20 heavy (non-hydrogen) atoms. The number of nitrogens with one attached hydrogen (secondary N) is 1. The Morgan fingerprint density at radius 2 is 2.00 bits per heavy atom. The Kier molecular flexibility index (Phi) is 4.72. The van der Waals surface area contributed by atoms with Crippen molar-refractivity contribution in [3.8, 4) is 0 Å². The van der Waals surface area contributed by atoms with E-state index in [0.29, 0.717) is 5.13 Å². The van der Waals surface area contributed by atoms with Gasteiger partial charge in [0, 0.05) is 6.54 Å². The topological polar surface area (TPSA) is 72.0 Å². The van der Waals surface area contributed by atoms with Crippen LogP contribution < -0.4 is 5.32 Å². The van der Waals surface area contributed by atoms with Gasteiger partial charge in [0.25, 0.3) is 0 Å². The highest BCUT2D eigenvalue weighted by atomic mass is 32.2. The van der Waals surface area contributed by atoms with Gasteiger partial charge in [0.1, 0.15) is 0 Å². The molecule has 0 aliphatic rings. The third-order valence-corrected chi connectivity index (χ3v) is 5.80. The first kappa shape index (κ1) is 14.9. The van der Waals surface area contributed by atoms with Gasteiger partial charge in [-0.05, 0) is 24.5 Å². The molecule has 1 heterocycles. The first-order valence-corrected chi connectivity index (χ1v) is 8.84. The molecule has 1 aromatic carbocycles. The van der Waals surface area contributed by atoms with Gasteiger partial charge in [-0.25, -0.2) is 8.42 Å². The van der Waals surface area contributed by atoms with Crippen molar-refractivity contribution in [3.63, 3.8) is 0 Å². The fourth-order valence-electron chi connectivity index (χ4n) is 1.68. The van der Waals surface area contributed by atoms with E-state index in [0.717, 1.165) is 35.4 Å². The maximum atomic E-state index is 12.3. The van der Waals surface area contributed by atoms with Crippen LogP contribution in [0.25, 0.3) is 0 Å². The van der Waals surface area contributed by atoms with Crippen LogP contribution in [0.15, 0.2) is 28.6 Å². The number of aromatic nitrogens is 2. The Balaban J connectivity index is 2.18. The van der Waals surface area contributed by atoms with Crippen molar-refractivity contribution in [2.75, 3.05) is 11.9 Å². The second kappa shape index (κ2) is 6.32. The number of nitrogens with zero attached hydrogens (tertiary/aromatic N) is 2. The Bertz CT molecular complexity index is 680. The number of benzene rings is 1. The summed E-state index contributed by atoms with van der Waals surface area (Å²) in [5.41, 5.74) is 1.76. The highest BCUT2D eigenvalue weighted by molar-refractivity contribution is 7.92.